The lowest BCUT2D eigenvalue weighted by Crippen LogP contribution is -2.02. The summed E-state index contributed by atoms with van der Waals surface area (Å²) >= 11 is 11.8. The van der Waals surface area contributed by atoms with Crippen molar-refractivity contribution in [2.45, 2.75) is 13.5 Å². The van der Waals surface area contributed by atoms with Crippen molar-refractivity contribution in [3.63, 3.8) is 0 Å². The number of hydrogen-bond acceptors (Lipinski definition) is 5. The van der Waals surface area contributed by atoms with Crippen LogP contribution in [-0.2, 0) is 6.61 Å². The Bertz CT molecular complexity index is 1340. The molecule has 3 aromatic carbocycles. The van der Waals surface area contributed by atoms with Crippen molar-refractivity contribution in [3.05, 3.63) is 93.5 Å². The monoisotopic (exact) mass is 482 g/mol. The van der Waals surface area contributed by atoms with Crippen molar-refractivity contribution in [1.29, 1.82) is 0 Å². The first-order valence-corrected chi connectivity index (χ1v) is 10.9. The minimum atomic E-state index is -0.327. The molecule has 6 nitrogen and oxygen atoms in total. The third kappa shape index (κ3) is 5.47. The molecule has 0 fully saturated rings. The first-order chi connectivity index (χ1) is 16.0. The summed E-state index contributed by atoms with van der Waals surface area (Å²) in [7, 11) is 0. The summed E-state index contributed by atoms with van der Waals surface area (Å²) in [5, 5.41) is 11.9. The molecule has 0 atom stereocenters. The highest BCUT2D eigenvalue weighted by atomic mass is 35.5. The predicted octanol–water partition coefficient (Wildman–Crippen LogP) is 6.26. The summed E-state index contributed by atoms with van der Waals surface area (Å²) in [5.74, 6) is 1.10. The van der Waals surface area contributed by atoms with Crippen molar-refractivity contribution in [3.8, 4) is 22.9 Å². The molecule has 168 valence electrons. The van der Waals surface area contributed by atoms with E-state index in [1.165, 1.54) is 16.8 Å². The maximum Gasteiger partial charge on any atom is 0.216 e. The van der Waals surface area contributed by atoms with E-state index >= 15 is 0 Å². The molecule has 0 bridgehead atoms. The number of halogens is 2. The van der Waals surface area contributed by atoms with E-state index in [-0.39, 0.29) is 12.4 Å². The molecule has 0 radical (unpaired) electrons. The summed E-state index contributed by atoms with van der Waals surface area (Å²) in [6, 6.07) is 19.3. The van der Waals surface area contributed by atoms with Crippen molar-refractivity contribution >= 4 is 30.0 Å². The van der Waals surface area contributed by atoms with Gasteiger partial charge in [0.2, 0.25) is 4.77 Å². The van der Waals surface area contributed by atoms with Crippen LogP contribution in [0.2, 0.25) is 5.02 Å². The minimum absolute atomic E-state index is 0.148. The fraction of sp³-hybridized carbons (Fsp3) is 0.125. The van der Waals surface area contributed by atoms with Crippen LogP contribution >= 0.6 is 23.8 Å². The van der Waals surface area contributed by atoms with Crippen LogP contribution in [0.15, 0.2) is 71.8 Å². The lowest BCUT2D eigenvalue weighted by atomic mass is 10.2. The van der Waals surface area contributed by atoms with Gasteiger partial charge < -0.3 is 9.47 Å². The van der Waals surface area contributed by atoms with E-state index in [1.54, 1.807) is 30.5 Å². The number of H-pyrrole nitrogens is 1. The second-order valence-corrected chi connectivity index (χ2v) is 7.75. The van der Waals surface area contributed by atoms with Gasteiger partial charge >= 0.3 is 0 Å². The Morgan fingerprint density at radius 3 is 2.70 bits per heavy atom. The third-order valence-corrected chi connectivity index (χ3v) is 5.15. The van der Waals surface area contributed by atoms with Crippen LogP contribution in [0.4, 0.5) is 4.39 Å². The van der Waals surface area contributed by atoms with Gasteiger partial charge in [0.1, 0.15) is 12.4 Å². The molecule has 0 saturated heterocycles. The molecule has 9 heteroatoms. The molecule has 0 aliphatic carbocycles. The average molecular weight is 483 g/mol. The van der Waals surface area contributed by atoms with Gasteiger partial charge in [-0.05, 0) is 54.5 Å². The molecule has 1 N–H and O–H groups in total. The van der Waals surface area contributed by atoms with Crippen LogP contribution in [0.5, 0.6) is 11.5 Å². The quantitative estimate of drug-likeness (QED) is 0.238. The van der Waals surface area contributed by atoms with Crippen LogP contribution in [0.3, 0.4) is 0 Å². The fourth-order valence-electron chi connectivity index (χ4n) is 3.14. The van der Waals surface area contributed by atoms with Crippen molar-refractivity contribution < 1.29 is 13.9 Å². The van der Waals surface area contributed by atoms with E-state index in [0.29, 0.717) is 44.9 Å². The van der Waals surface area contributed by atoms with Crippen LogP contribution < -0.4 is 9.47 Å². The lowest BCUT2D eigenvalue weighted by molar-refractivity contribution is 0.269. The molecule has 33 heavy (non-hydrogen) atoms. The highest BCUT2D eigenvalue weighted by Crippen LogP contribution is 2.37. The highest BCUT2D eigenvalue weighted by Gasteiger charge is 2.13. The van der Waals surface area contributed by atoms with E-state index in [1.807, 2.05) is 37.3 Å². The molecule has 4 aromatic rings. The number of nitrogens with zero attached hydrogens (tertiary/aromatic N) is 3. The average Bonchev–Trinajstić information content (AvgIpc) is 3.18. The van der Waals surface area contributed by atoms with E-state index in [9.17, 15) is 4.39 Å². The minimum Gasteiger partial charge on any atom is -0.490 e. The zero-order valence-electron chi connectivity index (χ0n) is 17.7. The summed E-state index contributed by atoms with van der Waals surface area (Å²) in [6.45, 7) is 2.43. The maximum atomic E-state index is 13.5. The van der Waals surface area contributed by atoms with Gasteiger partial charge in [-0.25, -0.2) is 9.49 Å². The smallest absolute Gasteiger partial charge is 0.216 e. The number of rotatable bonds is 8. The van der Waals surface area contributed by atoms with E-state index in [0.717, 1.165) is 5.56 Å². The van der Waals surface area contributed by atoms with Crippen LogP contribution in [-0.4, -0.2) is 27.7 Å². The Morgan fingerprint density at radius 1 is 1.12 bits per heavy atom. The fourth-order valence-corrected chi connectivity index (χ4v) is 3.60. The molecular weight excluding hydrogens is 463 g/mol. The van der Waals surface area contributed by atoms with Gasteiger partial charge in [-0.3, -0.25) is 0 Å². The van der Waals surface area contributed by atoms with Gasteiger partial charge in [-0.1, -0.05) is 54.1 Å². The summed E-state index contributed by atoms with van der Waals surface area (Å²) in [4.78, 5) is 0. The Kier molecular flexibility index (Phi) is 7.16. The standard InChI is InChI=1S/C24H20ClFN4O2S/c1-2-31-21-13-17(12-20(25)22(21)32-15-16-7-6-10-19(26)11-16)14-27-30-23(28-29-24(30)33)18-8-4-3-5-9-18/h3-14H,2,15H2,1H3,(H,29,33)/b27-14-. The predicted molar refractivity (Wildman–Crippen MR) is 129 cm³/mol. The Morgan fingerprint density at radius 2 is 1.94 bits per heavy atom. The van der Waals surface area contributed by atoms with Crippen LogP contribution in [0.25, 0.3) is 11.4 Å². The summed E-state index contributed by atoms with van der Waals surface area (Å²) in [5.41, 5.74) is 2.24. The first kappa shape index (κ1) is 22.7. The normalized spacial score (nSPS) is 11.1. The van der Waals surface area contributed by atoms with Crippen LogP contribution in [0.1, 0.15) is 18.1 Å². The zero-order valence-corrected chi connectivity index (χ0v) is 19.2. The topological polar surface area (TPSA) is 64.4 Å². The number of nitrogens with one attached hydrogen (secondary N) is 1. The van der Waals surface area contributed by atoms with Gasteiger partial charge in [0.05, 0.1) is 17.8 Å². The zero-order chi connectivity index (χ0) is 23.2. The molecule has 0 aliphatic heterocycles. The Labute approximate surface area is 200 Å². The SMILES string of the molecule is CCOc1cc(/C=N\n2c(-c3ccccc3)n[nH]c2=S)cc(Cl)c1OCc1cccc(F)c1. The van der Waals surface area contributed by atoms with Gasteiger partial charge in [-0.15, -0.1) is 0 Å². The number of aromatic nitrogens is 3. The lowest BCUT2D eigenvalue weighted by Gasteiger charge is -2.14. The van der Waals surface area contributed by atoms with Crippen molar-refractivity contribution in [2.24, 2.45) is 5.10 Å². The molecular formula is C24H20ClFN4O2S. The van der Waals surface area contributed by atoms with Gasteiger partial charge in [-0.2, -0.15) is 14.9 Å². The molecule has 1 aromatic heterocycles. The summed E-state index contributed by atoms with van der Waals surface area (Å²) in [6.07, 6.45) is 1.61. The van der Waals surface area contributed by atoms with E-state index in [2.05, 4.69) is 15.3 Å². The first-order valence-electron chi connectivity index (χ1n) is 10.2. The highest BCUT2D eigenvalue weighted by molar-refractivity contribution is 7.71. The maximum absolute atomic E-state index is 13.5. The van der Waals surface area contributed by atoms with Crippen molar-refractivity contribution in [2.75, 3.05) is 6.61 Å². The Balaban J connectivity index is 1.61. The number of hydrogen-bond donors (Lipinski definition) is 1. The van der Waals surface area contributed by atoms with Gasteiger partial charge in [0, 0.05) is 5.56 Å². The number of benzene rings is 3. The van der Waals surface area contributed by atoms with Crippen molar-refractivity contribution in [1.82, 2.24) is 14.9 Å². The molecule has 4 rings (SSSR count). The number of aromatic amines is 1. The summed E-state index contributed by atoms with van der Waals surface area (Å²) < 4.78 is 26.9. The molecule has 1 heterocycles. The van der Waals surface area contributed by atoms with E-state index < -0.39 is 0 Å². The van der Waals surface area contributed by atoms with E-state index in [4.69, 9.17) is 33.3 Å². The second kappa shape index (κ2) is 10.4. The largest absolute Gasteiger partial charge is 0.490 e. The molecule has 0 unspecified atom stereocenters. The molecule has 0 amide bonds. The molecule has 0 aliphatic rings. The third-order valence-electron chi connectivity index (χ3n) is 4.61. The molecule has 0 saturated carbocycles. The number of ether oxygens (including phenoxy) is 2. The Hall–Kier alpha value is -3.49. The molecule has 0 spiro atoms. The van der Waals surface area contributed by atoms with Crippen LogP contribution in [0, 0.1) is 10.6 Å². The second-order valence-electron chi connectivity index (χ2n) is 6.96. The van der Waals surface area contributed by atoms with Gasteiger partial charge in [0.15, 0.2) is 17.3 Å². The van der Waals surface area contributed by atoms with Gasteiger partial charge in [0.25, 0.3) is 0 Å².